The number of para-hydroxylation sites is 1. The quantitative estimate of drug-likeness (QED) is 0.703. The molecule has 2 unspecified atom stereocenters. The summed E-state index contributed by atoms with van der Waals surface area (Å²) in [5.74, 6) is -0.0103. The number of hydrogen-bond donors (Lipinski definition) is 1. The number of rotatable bonds is 6. The van der Waals surface area contributed by atoms with E-state index in [1.54, 1.807) is 0 Å². The highest BCUT2D eigenvalue weighted by Crippen LogP contribution is 2.40. The van der Waals surface area contributed by atoms with Gasteiger partial charge in [-0.15, -0.1) is 0 Å². The lowest BCUT2D eigenvalue weighted by atomic mass is 9.97. The molecule has 0 aliphatic carbocycles. The summed E-state index contributed by atoms with van der Waals surface area (Å²) in [5, 5.41) is 3.10. The van der Waals surface area contributed by atoms with E-state index < -0.39 is 18.0 Å². The zero-order valence-corrected chi connectivity index (χ0v) is 16.7. The number of benzene rings is 2. The number of nitrogens with one attached hydrogen (secondary N) is 1. The maximum absolute atomic E-state index is 12.5. The van der Waals surface area contributed by atoms with Crippen molar-refractivity contribution in [1.82, 2.24) is 0 Å². The second-order valence-electron chi connectivity index (χ2n) is 6.63. The van der Waals surface area contributed by atoms with Crippen LogP contribution in [0.4, 0.5) is 5.69 Å². The van der Waals surface area contributed by atoms with Crippen molar-refractivity contribution in [2.24, 2.45) is 0 Å². The van der Waals surface area contributed by atoms with Crippen LogP contribution in [0.25, 0.3) is 0 Å². The first-order chi connectivity index (χ1) is 13.4. The van der Waals surface area contributed by atoms with Gasteiger partial charge < -0.3 is 19.5 Å². The molecule has 0 saturated carbocycles. The Morgan fingerprint density at radius 2 is 1.96 bits per heavy atom. The molecule has 1 N–H and O–H groups in total. The largest absolute Gasteiger partial charge is 0.454 e. The molecule has 7 heteroatoms. The van der Waals surface area contributed by atoms with Crippen LogP contribution in [0.5, 0.6) is 11.5 Å². The van der Waals surface area contributed by atoms with Gasteiger partial charge in [0.15, 0.2) is 17.6 Å². The fraction of sp³-hybridized carbons (Fsp3) is 0.333. The molecule has 0 radical (unpaired) electrons. The second kappa shape index (κ2) is 8.52. The topological polar surface area (TPSA) is 73.9 Å². The molecule has 1 amide bonds. The van der Waals surface area contributed by atoms with Gasteiger partial charge in [0.05, 0.1) is 10.6 Å². The van der Waals surface area contributed by atoms with E-state index in [1.165, 1.54) is 19.1 Å². The van der Waals surface area contributed by atoms with Crippen molar-refractivity contribution >= 4 is 29.2 Å². The Morgan fingerprint density at radius 3 is 2.71 bits per heavy atom. The van der Waals surface area contributed by atoms with E-state index in [9.17, 15) is 9.59 Å². The molecule has 2 aromatic rings. The Kier molecular flexibility index (Phi) is 6.09. The van der Waals surface area contributed by atoms with E-state index in [2.05, 4.69) is 19.2 Å². The van der Waals surface area contributed by atoms with Gasteiger partial charge in [-0.25, -0.2) is 4.79 Å². The van der Waals surface area contributed by atoms with Gasteiger partial charge in [0.1, 0.15) is 0 Å². The summed E-state index contributed by atoms with van der Waals surface area (Å²) in [6.07, 6.45) is -0.0378. The molecule has 0 fully saturated rings. The molecule has 1 heterocycles. The number of halogens is 1. The average Bonchev–Trinajstić information content (AvgIpc) is 3.17. The smallest absolute Gasteiger partial charge is 0.339 e. The van der Waals surface area contributed by atoms with Gasteiger partial charge >= 0.3 is 5.97 Å². The molecule has 1 aliphatic heterocycles. The second-order valence-corrected chi connectivity index (χ2v) is 7.03. The molecule has 148 valence electrons. The van der Waals surface area contributed by atoms with Crippen molar-refractivity contribution in [3.05, 3.63) is 52.5 Å². The minimum atomic E-state index is -0.985. The van der Waals surface area contributed by atoms with Crippen LogP contribution in [-0.4, -0.2) is 24.8 Å². The summed E-state index contributed by atoms with van der Waals surface area (Å²) in [5.41, 5.74) is 1.95. The van der Waals surface area contributed by atoms with Gasteiger partial charge in [-0.3, -0.25) is 4.79 Å². The van der Waals surface area contributed by atoms with Crippen LogP contribution in [0.15, 0.2) is 36.4 Å². The summed E-state index contributed by atoms with van der Waals surface area (Å²) < 4.78 is 15.8. The molecule has 0 spiro atoms. The van der Waals surface area contributed by atoms with Gasteiger partial charge in [0, 0.05) is 5.69 Å². The summed E-state index contributed by atoms with van der Waals surface area (Å²) in [6.45, 7) is 5.75. The number of hydrogen-bond acceptors (Lipinski definition) is 5. The van der Waals surface area contributed by atoms with Crippen LogP contribution in [0.2, 0.25) is 5.02 Å². The number of amides is 1. The van der Waals surface area contributed by atoms with Crippen LogP contribution in [-0.2, 0) is 9.53 Å². The highest BCUT2D eigenvalue weighted by Gasteiger charge is 2.24. The highest BCUT2D eigenvalue weighted by atomic mass is 35.5. The first-order valence-electron chi connectivity index (χ1n) is 9.10. The average molecular weight is 404 g/mol. The molecule has 3 rings (SSSR count). The minimum Gasteiger partial charge on any atom is -0.454 e. The van der Waals surface area contributed by atoms with E-state index in [0.29, 0.717) is 17.4 Å². The Balaban J connectivity index is 1.68. The van der Waals surface area contributed by atoms with Gasteiger partial charge in [-0.2, -0.15) is 0 Å². The SMILES string of the molecule is CCC(C)c1ccccc1NC(=O)C(C)OC(=O)c1cc(Cl)c2c(c1)OCO2. The van der Waals surface area contributed by atoms with Crippen molar-refractivity contribution in [1.29, 1.82) is 0 Å². The van der Waals surface area contributed by atoms with E-state index in [-0.39, 0.29) is 17.4 Å². The number of carbonyl (C=O) groups is 2. The Hall–Kier alpha value is -2.73. The number of fused-ring (bicyclic) bond motifs is 1. The van der Waals surface area contributed by atoms with Crippen LogP contribution in [0.1, 0.15) is 49.0 Å². The first kappa shape index (κ1) is 20.0. The van der Waals surface area contributed by atoms with Crippen molar-refractivity contribution in [2.45, 2.75) is 39.2 Å². The van der Waals surface area contributed by atoms with E-state index in [0.717, 1.165) is 17.7 Å². The molecule has 2 atom stereocenters. The number of esters is 1. The van der Waals surface area contributed by atoms with E-state index >= 15 is 0 Å². The molecule has 0 bridgehead atoms. The maximum atomic E-state index is 12.5. The standard InChI is InChI=1S/C21H22ClNO5/c1-4-12(2)15-7-5-6-8-17(15)23-20(24)13(3)28-21(25)14-9-16(22)19-18(10-14)26-11-27-19/h5-10,12-13H,4,11H2,1-3H3,(H,23,24). The normalized spacial score (nSPS) is 14.3. The zero-order valence-electron chi connectivity index (χ0n) is 16.0. The predicted molar refractivity (Wildman–Crippen MR) is 106 cm³/mol. The number of carbonyl (C=O) groups excluding carboxylic acids is 2. The fourth-order valence-corrected chi connectivity index (χ4v) is 3.13. The van der Waals surface area contributed by atoms with Gasteiger partial charge in [0.2, 0.25) is 6.79 Å². The lowest BCUT2D eigenvalue weighted by Gasteiger charge is -2.18. The fourth-order valence-electron chi connectivity index (χ4n) is 2.86. The monoisotopic (exact) mass is 403 g/mol. The van der Waals surface area contributed by atoms with Crippen molar-refractivity contribution in [3.8, 4) is 11.5 Å². The molecule has 2 aromatic carbocycles. The number of anilines is 1. The Labute approximate surface area is 168 Å². The zero-order chi connectivity index (χ0) is 20.3. The summed E-state index contributed by atoms with van der Waals surface area (Å²) in [4.78, 5) is 25.0. The maximum Gasteiger partial charge on any atom is 0.339 e. The third kappa shape index (κ3) is 4.22. The van der Waals surface area contributed by atoms with Gasteiger partial charge in [0.25, 0.3) is 5.91 Å². The lowest BCUT2D eigenvalue weighted by molar-refractivity contribution is -0.123. The summed E-state index contributed by atoms with van der Waals surface area (Å²) in [7, 11) is 0. The third-order valence-corrected chi connectivity index (χ3v) is 4.96. The van der Waals surface area contributed by atoms with Crippen LogP contribution in [0, 0.1) is 0 Å². The number of ether oxygens (including phenoxy) is 3. The summed E-state index contributed by atoms with van der Waals surface area (Å²) >= 11 is 6.09. The van der Waals surface area contributed by atoms with Crippen LogP contribution < -0.4 is 14.8 Å². The Morgan fingerprint density at radius 1 is 1.21 bits per heavy atom. The molecule has 1 aliphatic rings. The third-order valence-electron chi connectivity index (χ3n) is 4.68. The van der Waals surface area contributed by atoms with Crippen molar-refractivity contribution < 1.29 is 23.8 Å². The van der Waals surface area contributed by atoms with Crippen LogP contribution in [0.3, 0.4) is 0 Å². The molecule has 0 saturated heterocycles. The molecule has 0 aromatic heterocycles. The minimum absolute atomic E-state index is 0.0436. The van der Waals surface area contributed by atoms with Gasteiger partial charge in [-0.05, 0) is 43.0 Å². The molecular formula is C21H22ClNO5. The predicted octanol–water partition coefficient (Wildman–Crippen LogP) is 4.77. The van der Waals surface area contributed by atoms with Crippen molar-refractivity contribution in [2.75, 3.05) is 12.1 Å². The molecule has 28 heavy (non-hydrogen) atoms. The van der Waals surface area contributed by atoms with E-state index in [4.69, 9.17) is 25.8 Å². The van der Waals surface area contributed by atoms with Crippen LogP contribution >= 0.6 is 11.6 Å². The lowest BCUT2D eigenvalue weighted by Crippen LogP contribution is -2.30. The molecular weight excluding hydrogens is 382 g/mol. The molecule has 6 nitrogen and oxygen atoms in total. The van der Waals surface area contributed by atoms with E-state index in [1.807, 2.05) is 24.3 Å². The Bertz CT molecular complexity index is 898. The first-order valence-corrected chi connectivity index (χ1v) is 9.48. The summed E-state index contributed by atoms with van der Waals surface area (Å²) in [6, 6.07) is 10.5. The highest BCUT2D eigenvalue weighted by molar-refractivity contribution is 6.32. The van der Waals surface area contributed by atoms with Gasteiger partial charge in [-0.1, -0.05) is 43.6 Å². The van der Waals surface area contributed by atoms with Crippen molar-refractivity contribution in [3.63, 3.8) is 0 Å².